The maximum absolute atomic E-state index is 9.04. The molecule has 12 heterocycles. The Morgan fingerprint density at radius 3 is 0.991 bits per heavy atom. The van der Waals surface area contributed by atoms with E-state index in [-0.39, 0.29) is 12.2 Å². The number of benzene rings is 3. The van der Waals surface area contributed by atoms with Gasteiger partial charge in [-0.25, -0.2) is 4.63 Å². The molecule has 1 N–H and O–H groups in total. The lowest BCUT2D eigenvalue weighted by atomic mass is 9.73. The summed E-state index contributed by atoms with van der Waals surface area (Å²) in [5.74, 6) is 14.1. The minimum Gasteiger partial charge on any atom is -0.390 e. The largest absolute Gasteiger partial charge is 0.390 e. The second-order valence-electron chi connectivity index (χ2n) is 22.6. The first-order valence-corrected chi connectivity index (χ1v) is 55.8. The number of ether oxygens (including phenoxy) is 5. The molecule has 0 radical (unpaired) electrons. The number of hydrogen-bond donors (Lipinski definition) is 1. The normalized spacial score (nSPS) is 24.5. The van der Waals surface area contributed by atoms with Crippen LogP contribution in [0.15, 0.2) is 77.4 Å². The van der Waals surface area contributed by atoms with Crippen LogP contribution in [-0.2, 0) is 30.7 Å². The Balaban J connectivity index is -0.000000175. The highest BCUT2D eigenvalue weighted by Gasteiger charge is 2.60. The second kappa shape index (κ2) is 87.5. The second-order valence-corrected chi connectivity index (χ2v) is 36.6. The van der Waals surface area contributed by atoms with Gasteiger partial charge in [-0.1, -0.05) is 285 Å². The number of thioether (sulfide) groups is 7. The Labute approximate surface area is 728 Å². The van der Waals surface area contributed by atoms with Crippen LogP contribution in [0.4, 0.5) is 0 Å². The van der Waals surface area contributed by atoms with Gasteiger partial charge in [-0.05, 0) is 124 Å². The van der Waals surface area contributed by atoms with E-state index in [1.807, 2.05) is 325 Å². The van der Waals surface area contributed by atoms with E-state index in [4.69, 9.17) is 28.8 Å². The molecule has 9 saturated heterocycles. The average Bonchev–Trinajstić information content (AvgIpc) is 1.59. The van der Waals surface area contributed by atoms with Crippen LogP contribution in [0, 0.1) is 17.3 Å². The summed E-state index contributed by atoms with van der Waals surface area (Å²) in [6.45, 7) is 76.0. The number of aliphatic hydroxyl groups is 1. The van der Waals surface area contributed by atoms with Gasteiger partial charge < -0.3 is 28.8 Å². The van der Waals surface area contributed by atoms with Gasteiger partial charge in [0.05, 0.1) is 69.6 Å². The number of aromatic nitrogens is 7. The molecule has 14 unspecified atom stereocenters. The van der Waals surface area contributed by atoms with Gasteiger partial charge in [-0.2, -0.15) is 106 Å². The molecule has 9 aliphatic heterocycles. The highest BCUT2D eigenvalue weighted by molar-refractivity contribution is 8.04. The minimum atomic E-state index is -0.842. The first kappa shape index (κ1) is 126. The van der Waals surface area contributed by atoms with Crippen molar-refractivity contribution in [2.24, 2.45) is 24.3 Å². The van der Waals surface area contributed by atoms with Gasteiger partial charge in [0.15, 0.2) is 0 Å². The highest BCUT2D eigenvalue weighted by Crippen LogP contribution is 2.65. The third-order valence-corrected chi connectivity index (χ3v) is 33.1. The Hall–Kier alpha value is -1.29. The molecule has 10 fully saturated rings. The molecule has 0 amide bonds. The van der Waals surface area contributed by atoms with E-state index >= 15 is 0 Å². The SMILES string of the molecule is C1COC2CSCC2O1.CC.CC.CC.CC.CC.CC.CC.CC.CC.CC.CC.CC.CC.CC.CC.CC.CC1(C)C2CCSC2C2SCCC21.COC1CSCC1O.COC1CSCC1OC.C[Si]1(C)C2CCSC2C2SCCC21.Cn1nc2ccccc2n1.c1ccc2nonc2c1.c1ccc2nsnc2c1. The number of fused-ring (bicyclic) bond motifs is 10. The summed E-state index contributed by atoms with van der Waals surface area (Å²) in [5, 5.41) is 28.8. The zero-order valence-corrected chi connectivity index (χ0v) is 87.1. The Morgan fingerprint density at radius 2 is 0.679 bits per heavy atom. The third kappa shape index (κ3) is 45.4. The molecule has 1 saturated carbocycles. The summed E-state index contributed by atoms with van der Waals surface area (Å²) >= 11 is 16.0. The molecule has 664 valence electrons. The molecule has 14 atom stereocenters. The number of methoxy groups -OCH3 is 3. The van der Waals surface area contributed by atoms with Crippen LogP contribution in [-0.4, -0.2) is 197 Å². The number of aliphatic hydroxyl groups excluding tert-OH is 1. The fourth-order valence-electron chi connectivity index (χ4n) is 12.8. The van der Waals surface area contributed by atoms with Gasteiger partial charge in [0, 0.05) is 83.9 Å². The van der Waals surface area contributed by atoms with Crippen LogP contribution in [0.5, 0.6) is 0 Å². The van der Waals surface area contributed by atoms with Gasteiger partial charge in [-0.15, -0.1) is 0 Å². The summed E-state index contributed by atoms with van der Waals surface area (Å²) in [6, 6.07) is 23.1. The van der Waals surface area contributed by atoms with Crippen LogP contribution in [0.3, 0.4) is 0 Å². The third-order valence-electron chi connectivity index (χ3n) is 17.3. The lowest BCUT2D eigenvalue weighted by molar-refractivity contribution is -0.116. The molecule has 3 aromatic carbocycles. The van der Waals surface area contributed by atoms with Crippen LogP contribution >= 0.6 is 94.1 Å². The van der Waals surface area contributed by atoms with E-state index in [0.717, 1.165) is 114 Å². The molecular formula is C89H179N7O7S8Si. The van der Waals surface area contributed by atoms with Crippen molar-refractivity contribution in [1.82, 2.24) is 34.1 Å². The molecule has 3 aromatic heterocycles. The molecule has 0 bridgehead atoms. The van der Waals surface area contributed by atoms with Gasteiger partial charge in [0.2, 0.25) is 0 Å². The smallest absolute Gasteiger partial charge is 0.135 e. The van der Waals surface area contributed by atoms with Crippen molar-refractivity contribution in [3.05, 3.63) is 72.8 Å². The number of hydrogen-bond acceptors (Lipinski definition) is 21. The standard InChI is InChI=1S/C11H18S2.C10H18S2Si.C7H7N3.C6H4N2O.C6H4N2S.C6H10O2S.C6H12O2S.C5H10O2S.16C2H6/c1-11(2)7-3-5-12-9(7)10-8(11)4-6-13-10;1-13(2)7-3-5-11-9(7)10-8(13)4-6-12-10;1-10-8-6-4-2-3-5-7(6)9-10;2*1-2-4-6-5(3-1)7-9-8-6;1-2-8-6-4-9-3-5(6)7-1;1-7-5-3-9-4-6(5)8-2;1-7-5-3-8-2-4(5)6;16*1-2/h2*7-10H,3-6H2,1-2H3;2-5H,1H3;2*1-4H;5-6H,1-4H2;5-6H,3-4H2,1-2H3;4-6H,2-3H2,1H3;16*1-2H3. The van der Waals surface area contributed by atoms with Crippen molar-refractivity contribution in [3.8, 4) is 0 Å². The van der Waals surface area contributed by atoms with Crippen molar-refractivity contribution >= 4 is 135 Å². The summed E-state index contributed by atoms with van der Waals surface area (Å²) in [7, 11) is 6.09. The van der Waals surface area contributed by atoms with E-state index in [9.17, 15) is 0 Å². The van der Waals surface area contributed by atoms with Crippen LogP contribution in [0.1, 0.15) is 261 Å². The highest BCUT2D eigenvalue weighted by atomic mass is 32.2. The van der Waals surface area contributed by atoms with Crippen molar-refractivity contribution in [2.75, 3.05) is 92.1 Å². The molecule has 23 heteroatoms. The molecule has 0 spiro atoms. The Morgan fingerprint density at radius 1 is 0.393 bits per heavy atom. The monoisotopic (exact) mass is 1740 g/mol. The van der Waals surface area contributed by atoms with Crippen molar-refractivity contribution < 1.29 is 33.4 Å². The topological polar surface area (TPSA) is 162 Å². The molecule has 16 rings (SSSR count). The summed E-state index contributed by atoms with van der Waals surface area (Å²) in [4.78, 5) is 1.57. The van der Waals surface area contributed by atoms with Gasteiger partial charge in [0.1, 0.15) is 33.1 Å². The van der Waals surface area contributed by atoms with E-state index in [1.54, 1.807) is 50.7 Å². The predicted octanol–water partition coefficient (Wildman–Crippen LogP) is 28.4. The number of rotatable bonds is 3. The van der Waals surface area contributed by atoms with Crippen LogP contribution < -0.4 is 0 Å². The van der Waals surface area contributed by atoms with E-state index in [2.05, 4.69) is 108 Å². The lowest BCUT2D eigenvalue weighted by Gasteiger charge is -2.31. The van der Waals surface area contributed by atoms with Gasteiger partial charge >= 0.3 is 0 Å². The van der Waals surface area contributed by atoms with E-state index < -0.39 is 8.07 Å². The molecular weight excluding hydrogens is 1560 g/mol. The zero-order chi connectivity index (χ0) is 88.1. The predicted molar refractivity (Wildman–Crippen MR) is 528 cm³/mol. The molecule has 14 nitrogen and oxygen atoms in total. The fourth-order valence-corrected chi connectivity index (χ4v) is 32.2. The first-order valence-electron chi connectivity index (χ1n) is 44.2. The van der Waals surface area contributed by atoms with E-state index in [0.29, 0.717) is 29.8 Å². The Bertz CT molecular complexity index is 2510. The lowest BCUT2D eigenvalue weighted by Crippen LogP contribution is -2.36. The minimum absolute atomic E-state index is 0.0833. The van der Waals surface area contributed by atoms with Crippen molar-refractivity contribution in [1.29, 1.82) is 0 Å². The first-order chi connectivity index (χ1) is 54.9. The zero-order valence-electron chi connectivity index (χ0n) is 79.6. The van der Waals surface area contributed by atoms with Crippen LogP contribution in [0.2, 0.25) is 24.2 Å². The van der Waals surface area contributed by atoms with Gasteiger partial charge in [0.25, 0.3) is 0 Å². The van der Waals surface area contributed by atoms with Gasteiger partial charge in [-0.3, -0.25) is 0 Å². The van der Waals surface area contributed by atoms with Crippen LogP contribution in [0.25, 0.3) is 33.1 Å². The molecule has 112 heavy (non-hydrogen) atoms. The Kier molecular flexibility index (Phi) is 98.7. The molecule has 10 aliphatic rings. The fraction of sp³-hybridized carbons (Fsp3) is 0.798. The summed E-state index contributed by atoms with van der Waals surface area (Å²) < 4.78 is 38.8. The maximum Gasteiger partial charge on any atom is 0.135 e. The summed E-state index contributed by atoms with van der Waals surface area (Å²) in [5.41, 5.74) is 8.50. The maximum atomic E-state index is 9.04. The quantitative estimate of drug-likeness (QED) is 0.166. The van der Waals surface area contributed by atoms with Crippen molar-refractivity contribution in [2.45, 2.75) is 343 Å². The summed E-state index contributed by atoms with van der Waals surface area (Å²) in [6.07, 6.45) is 7.41. The number of nitrogens with zero attached hydrogens (tertiary/aromatic N) is 7. The molecule has 1 aliphatic carbocycles. The number of aryl methyl sites for hydroxylation is 1. The average molecular weight is 1740 g/mol. The van der Waals surface area contributed by atoms with Crippen molar-refractivity contribution in [3.63, 3.8) is 0 Å². The van der Waals surface area contributed by atoms with E-state index in [1.165, 1.54) is 58.7 Å². The molecule has 6 aromatic rings.